The van der Waals surface area contributed by atoms with Crippen LogP contribution >= 0.6 is 11.6 Å². The van der Waals surface area contributed by atoms with E-state index in [9.17, 15) is 4.79 Å². The van der Waals surface area contributed by atoms with Crippen LogP contribution in [-0.2, 0) is 4.74 Å². The maximum absolute atomic E-state index is 11.9. The first-order valence-corrected chi connectivity index (χ1v) is 5.86. The highest BCUT2D eigenvalue weighted by Crippen LogP contribution is 2.20. The summed E-state index contributed by atoms with van der Waals surface area (Å²) in [6.45, 7) is 1.55. The molecule has 2 rings (SSSR count). The fraction of sp³-hybridized carbons (Fsp3) is 0.500. The number of nitrogens with zero attached hydrogens (tertiary/aromatic N) is 1. The second-order valence-corrected chi connectivity index (χ2v) is 4.44. The second-order valence-electron chi connectivity index (χ2n) is 4.05. The predicted octanol–water partition coefficient (Wildman–Crippen LogP) is 2.73. The lowest BCUT2D eigenvalue weighted by molar-refractivity contribution is 0.0601. The molecule has 16 heavy (non-hydrogen) atoms. The summed E-state index contributed by atoms with van der Waals surface area (Å²) in [5, 5.41) is 0.419. The van der Waals surface area contributed by atoms with Crippen molar-refractivity contribution in [3.05, 3.63) is 29.0 Å². The summed E-state index contributed by atoms with van der Waals surface area (Å²) < 4.78 is 5.26. The summed E-state index contributed by atoms with van der Waals surface area (Å²) in [6.07, 6.45) is 4.09. The molecule has 1 aromatic heterocycles. The fourth-order valence-corrected chi connectivity index (χ4v) is 1.98. The molecule has 1 aliphatic rings. The van der Waals surface area contributed by atoms with E-state index in [4.69, 9.17) is 16.3 Å². The number of hydrogen-bond donors (Lipinski definition) is 0. The van der Waals surface area contributed by atoms with E-state index >= 15 is 0 Å². The number of carbonyl (C=O) groups is 1. The van der Waals surface area contributed by atoms with Gasteiger partial charge in [0.25, 0.3) is 0 Å². The first kappa shape index (κ1) is 11.6. The van der Waals surface area contributed by atoms with Crippen molar-refractivity contribution in [3.63, 3.8) is 0 Å². The Hall–Kier alpha value is -0.930. The average molecular weight is 240 g/mol. The topological polar surface area (TPSA) is 39.2 Å². The van der Waals surface area contributed by atoms with E-state index in [0.717, 1.165) is 26.1 Å². The van der Waals surface area contributed by atoms with E-state index in [-0.39, 0.29) is 5.78 Å². The Morgan fingerprint density at radius 3 is 2.81 bits per heavy atom. The van der Waals surface area contributed by atoms with E-state index in [0.29, 0.717) is 23.1 Å². The molecule has 0 aliphatic carbocycles. The van der Waals surface area contributed by atoms with Gasteiger partial charge in [0.15, 0.2) is 5.78 Å². The molecule has 0 saturated carbocycles. The molecule has 0 bridgehead atoms. The van der Waals surface area contributed by atoms with Gasteiger partial charge in [-0.05, 0) is 30.9 Å². The molecule has 0 radical (unpaired) electrons. The molecule has 1 fully saturated rings. The molecule has 0 atom stereocenters. The molecule has 0 aromatic carbocycles. The lowest BCUT2D eigenvalue weighted by Crippen LogP contribution is -2.18. The van der Waals surface area contributed by atoms with Crippen LogP contribution in [0.25, 0.3) is 0 Å². The van der Waals surface area contributed by atoms with Gasteiger partial charge in [-0.25, -0.2) is 4.98 Å². The summed E-state index contributed by atoms with van der Waals surface area (Å²) in [6, 6.07) is 3.38. The molecule has 1 aliphatic heterocycles. The molecule has 0 N–H and O–H groups in total. The van der Waals surface area contributed by atoms with Crippen LogP contribution in [0.2, 0.25) is 5.15 Å². The van der Waals surface area contributed by atoms with Crippen LogP contribution in [0.5, 0.6) is 0 Å². The highest BCUT2D eigenvalue weighted by Gasteiger charge is 2.18. The van der Waals surface area contributed by atoms with Crippen LogP contribution in [0.15, 0.2) is 18.3 Å². The van der Waals surface area contributed by atoms with Gasteiger partial charge < -0.3 is 4.74 Å². The van der Waals surface area contributed by atoms with E-state index in [1.807, 2.05) is 0 Å². The molecule has 4 heteroatoms. The normalized spacial score (nSPS) is 17.3. The van der Waals surface area contributed by atoms with Gasteiger partial charge in [0, 0.05) is 31.4 Å². The van der Waals surface area contributed by atoms with E-state index < -0.39 is 0 Å². The quantitative estimate of drug-likeness (QED) is 0.601. The minimum atomic E-state index is 0.149. The Kier molecular flexibility index (Phi) is 3.91. The Morgan fingerprint density at radius 1 is 1.44 bits per heavy atom. The summed E-state index contributed by atoms with van der Waals surface area (Å²) in [7, 11) is 0. The standard InChI is InChI=1S/C12H14ClNO2/c13-12-2-1-10(8-14-12)11(15)7-9-3-5-16-6-4-9/h1-2,8-9H,3-7H2. The number of rotatable bonds is 3. The number of pyridine rings is 1. The third-order valence-corrected chi connectivity index (χ3v) is 3.09. The summed E-state index contributed by atoms with van der Waals surface area (Å²) >= 11 is 5.67. The van der Waals surface area contributed by atoms with Crippen molar-refractivity contribution in [2.45, 2.75) is 19.3 Å². The fourth-order valence-electron chi connectivity index (χ4n) is 1.87. The molecule has 0 unspecified atom stereocenters. The Labute approximate surface area is 99.8 Å². The van der Waals surface area contributed by atoms with Gasteiger partial charge in [0.2, 0.25) is 0 Å². The molecular formula is C12H14ClNO2. The maximum Gasteiger partial charge on any atom is 0.164 e. The lowest BCUT2D eigenvalue weighted by atomic mass is 9.92. The lowest BCUT2D eigenvalue weighted by Gasteiger charge is -2.21. The van der Waals surface area contributed by atoms with Gasteiger partial charge in [0.05, 0.1) is 0 Å². The number of ether oxygens (including phenoxy) is 1. The van der Waals surface area contributed by atoms with E-state index in [2.05, 4.69) is 4.98 Å². The van der Waals surface area contributed by atoms with Crippen molar-refractivity contribution < 1.29 is 9.53 Å². The summed E-state index contributed by atoms with van der Waals surface area (Å²) in [5.74, 6) is 0.605. The molecule has 0 spiro atoms. The third kappa shape index (κ3) is 3.03. The first-order chi connectivity index (χ1) is 7.75. The minimum Gasteiger partial charge on any atom is -0.381 e. The van der Waals surface area contributed by atoms with Gasteiger partial charge in [-0.3, -0.25) is 4.79 Å². The van der Waals surface area contributed by atoms with Gasteiger partial charge in [-0.15, -0.1) is 0 Å². The zero-order chi connectivity index (χ0) is 11.4. The van der Waals surface area contributed by atoms with Crippen LogP contribution in [0.1, 0.15) is 29.6 Å². The molecule has 0 amide bonds. The van der Waals surface area contributed by atoms with Crippen LogP contribution in [0.4, 0.5) is 0 Å². The zero-order valence-corrected chi connectivity index (χ0v) is 9.74. The van der Waals surface area contributed by atoms with Crippen molar-refractivity contribution in [3.8, 4) is 0 Å². The first-order valence-electron chi connectivity index (χ1n) is 5.48. The Morgan fingerprint density at radius 2 is 2.19 bits per heavy atom. The highest BCUT2D eigenvalue weighted by atomic mass is 35.5. The number of ketones is 1. The van der Waals surface area contributed by atoms with Crippen molar-refractivity contribution in [2.24, 2.45) is 5.92 Å². The minimum absolute atomic E-state index is 0.149. The van der Waals surface area contributed by atoms with Gasteiger partial charge in [-0.1, -0.05) is 11.6 Å². The van der Waals surface area contributed by atoms with Crippen LogP contribution in [0, 0.1) is 5.92 Å². The van der Waals surface area contributed by atoms with Crippen molar-refractivity contribution in [2.75, 3.05) is 13.2 Å². The largest absolute Gasteiger partial charge is 0.381 e. The molecule has 1 saturated heterocycles. The Balaban J connectivity index is 1.94. The molecule has 86 valence electrons. The predicted molar refractivity (Wildman–Crippen MR) is 61.7 cm³/mol. The number of halogens is 1. The monoisotopic (exact) mass is 239 g/mol. The van der Waals surface area contributed by atoms with E-state index in [1.54, 1.807) is 18.3 Å². The second kappa shape index (κ2) is 5.41. The van der Waals surface area contributed by atoms with Crippen molar-refractivity contribution in [1.82, 2.24) is 4.98 Å². The Bertz CT molecular complexity index is 358. The van der Waals surface area contributed by atoms with Crippen molar-refractivity contribution in [1.29, 1.82) is 0 Å². The van der Waals surface area contributed by atoms with Crippen LogP contribution < -0.4 is 0 Å². The van der Waals surface area contributed by atoms with Gasteiger partial charge in [0.1, 0.15) is 5.15 Å². The molecular weight excluding hydrogens is 226 g/mol. The molecule has 3 nitrogen and oxygen atoms in total. The summed E-state index contributed by atoms with van der Waals surface area (Å²) in [4.78, 5) is 15.8. The smallest absolute Gasteiger partial charge is 0.164 e. The maximum atomic E-state index is 11.9. The zero-order valence-electron chi connectivity index (χ0n) is 8.99. The number of carbonyl (C=O) groups excluding carboxylic acids is 1. The molecule has 2 heterocycles. The molecule has 1 aromatic rings. The number of Topliss-reactive ketones (excluding diaryl/α,β-unsaturated/α-hetero) is 1. The number of hydrogen-bond acceptors (Lipinski definition) is 3. The SMILES string of the molecule is O=C(CC1CCOCC1)c1ccc(Cl)nc1. The number of aromatic nitrogens is 1. The van der Waals surface area contributed by atoms with Crippen LogP contribution in [0.3, 0.4) is 0 Å². The summed E-state index contributed by atoms with van der Waals surface area (Å²) in [5.41, 5.74) is 0.649. The third-order valence-electron chi connectivity index (χ3n) is 2.86. The van der Waals surface area contributed by atoms with Crippen molar-refractivity contribution >= 4 is 17.4 Å². The van der Waals surface area contributed by atoms with Gasteiger partial charge >= 0.3 is 0 Å². The average Bonchev–Trinajstić information content (AvgIpc) is 2.31. The van der Waals surface area contributed by atoms with Crippen LogP contribution in [-0.4, -0.2) is 24.0 Å². The highest BCUT2D eigenvalue weighted by molar-refractivity contribution is 6.29. The van der Waals surface area contributed by atoms with E-state index in [1.165, 1.54) is 0 Å². The van der Waals surface area contributed by atoms with Gasteiger partial charge in [-0.2, -0.15) is 0 Å².